The Labute approximate surface area is 109 Å². The molecule has 2 heterocycles. The number of benzene rings is 1. The van der Waals surface area contributed by atoms with Gasteiger partial charge < -0.3 is 9.67 Å². The molecule has 0 radical (unpaired) electrons. The lowest BCUT2D eigenvalue weighted by Gasteiger charge is -1.98. The molecule has 0 aliphatic carbocycles. The van der Waals surface area contributed by atoms with Crippen LogP contribution >= 0.6 is 11.3 Å². The monoisotopic (exact) mass is 259 g/mol. The van der Waals surface area contributed by atoms with Gasteiger partial charge in [0.05, 0.1) is 16.7 Å². The molecule has 0 aliphatic heterocycles. The van der Waals surface area contributed by atoms with Crippen LogP contribution in [0.4, 0.5) is 0 Å². The number of imidazole rings is 1. The zero-order valence-electron chi connectivity index (χ0n) is 10.4. The van der Waals surface area contributed by atoms with Crippen molar-refractivity contribution < 1.29 is 5.11 Å². The van der Waals surface area contributed by atoms with Crippen LogP contribution in [0, 0.1) is 13.8 Å². The van der Waals surface area contributed by atoms with Crippen molar-refractivity contribution in [3.05, 3.63) is 29.7 Å². The van der Waals surface area contributed by atoms with Crippen LogP contribution in [0.2, 0.25) is 0 Å². The summed E-state index contributed by atoms with van der Waals surface area (Å²) in [6.45, 7) is 3.79. The molecule has 1 N–H and O–H groups in total. The highest BCUT2D eigenvalue weighted by atomic mass is 32.1. The fraction of sp³-hybridized carbons (Fsp3) is 0.231. The average molecular weight is 259 g/mol. The van der Waals surface area contributed by atoms with Gasteiger partial charge in [0.15, 0.2) is 5.06 Å². The minimum Gasteiger partial charge on any atom is -0.498 e. The lowest BCUT2D eigenvalue weighted by Crippen LogP contribution is -1.89. The Morgan fingerprint density at radius 1 is 1.22 bits per heavy atom. The molecule has 5 heteroatoms. The highest BCUT2D eigenvalue weighted by molar-refractivity contribution is 7.16. The zero-order valence-corrected chi connectivity index (χ0v) is 11.2. The predicted octanol–water partition coefficient (Wildman–Crippen LogP) is 3.02. The summed E-state index contributed by atoms with van der Waals surface area (Å²) < 4.78 is 2.06. The third kappa shape index (κ3) is 1.59. The second-order valence-electron chi connectivity index (χ2n) is 4.33. The maximum Gasteiger partial charge on any atom is 0.195 e. The second kappa shape index (κ2) is 3.81. The van der Waals surface area contributed by atoms with Crippen molar-refractivity contribution in [1.82, 2.24) is 14.5 Å². The molecule has 0 spiro atoms. The van der Waals surface area contributed by atoms with Gasteiger partial charge in [0.1, 0.15) is 10.8 Å². The molecule has 4 nitrogen and oxygen atoms in total. The molecule has 0 atom stereocenters. The van der Waals surface area contributed by atoms with E-state index in [9.17, 15) is 5.11 Å². The van der Waals surface area contributed by atoms with Gasteiger partial charge in [-0.2, -0.15) is 0 Å². The largest absolute Gasteiger partial charge is 0.498 e. The van der Waals surface area contributed by atoms with Gasteiger partial charge >= 0.3 is 0 Å². The lowest BCUT2D eigenvalue weighted by molar-refractivity contribution is 0.485. The third-order valence-electron chi connectivity index (χ3n) is 3.12. The minimum atomic E-state index is 0.280. The van der Waals surface area contributed by atoms with Crippen LogP contribution in [-0.4, -0.2) is 19.6 Å². The van der Waals surface area contributed by atoms with E-state index in [0.29, 0.717) is 5.69 Å². The Balaban J connectivity index is 2.19. The van der Waals surface area contributed by atoms with Crippen LogP contribution in [0.15, 0.2) is 18.2 Å². The number of hydrogen-bond donors (Lipinski definition) is 1. The molecule has 1 aromatic carbocycles. The number of hydrogen-bond acceptors (Lipinski definition) is 4. The number of rotatable bonds is 1. The molecule has 0 bridgehead atoms. The second-order valence-corrected chi connectivity index (χ2v) is 5.31. The summed E-state index contributed by atoms with van der Waals surface area (Å²) in [4.78, 5) is 8.86. The summed E-state index contributed by atoms with van der Waals surface area (Å²) >= 11 is 1.30. The quantitative estimate of drug-likeness (QED) is 0.731. The predicted molar refractivity (Wildman–Crippen MR) is 73.0 cm³/mol. The summed E-state index contributed by atoms with van der Waals surface area (Å²) in [6, 6.07) is 6.07. The first kappa shape index (κ1) is 11.2. The Morgan fingerprint density at radius 2 is 2.00 bits per heavy atom. The third-order valence-corrected chi connectivity index (χ3v) is 4.13. The van der Waals surface area contributed by atoms with E-state index >= 15 is 0 Å². The number of aromatic nitrogens is 3. The van der Waals surface area contributed by atoms with Gasteiger partial charge in [-0.3, -0.25) is 0 Å². The van der Waals surface area contributed by atoms with Gasteiger partial charge in [0.2, 0.25) is 0 Å². The number of thiazole rings is 1. The van der Waals surface area contributed by atoms with E-state index in [4.69, 9.17) is 0 Å². The topological polar surface area (TPSA) is 50.9 Å². The van der Waals surface area contributed by atoms with Gasteiger partial charge in [-0.25, -0.2) is 9.97 Å². The Hall–Kier alpha value is -1.88. The Kier molecular flexibility index (Phi) is 2.38. The van der Waals surface area contributed by atoms with Crippen molar-refractivity contribution in [3.63, 3.8) is 0 Å². The first-order valence-corrected chi connectivity index (χ1v) is 6.48. The van der Waals surface area contributed by atoms with Crippen LogP contribution in [0.1, 0.15) is 11.5 Å². The van der Waals surface area contributed by atoms with E-state index in [1.165, 1.54) is 11.3 Å². The molecular formula is C13H13N3OS. The zero-order chi connectivity index (χ0) is 12.9. The molecule has 18 heavy (non-hydrogen) atoms. The summed E-state index contributed by atoms with van der Waals surface area (Å²) in [5.74, 6) is 0.986. The maximum atomic E-state index is 9.60. The summed E-state index contributed by atoms with van der Waals surface area (Å²) in [6.07, 6.45) is 0. The van der Waals surface area contributed by atoms with E-state index in [1.807, 2.05) is 32.2 Å². The van der Waals surface area contributed by atoms with E-state index in [1.54, 1.807) is 6.92 Å². The van der Waals surface area contributed by atoms with Gasteiger partial charge in [-0.1, -0.05) is 11.3 Å². The van der Waals surface area contributed by atoms with E-state index < -0.39 is 0 Å². The number of fused-ring (bicyclic) bond motifs is 1. The van der Waals surface area contributed by atoms with Crippen LogP contribution in [0.3, 0.4) is 0 Å². The molecule has 3 aromatic rings. The fourth-order valence-corrected chi connectivity index (χ4v) is 2.77. The normalized spacial score (nSPS) is 11.3. The van der Waals surface area contributed by atoms with Crippen LogP contribution in [-0.2, 0) is 7.05 Å². The van der Waals surface area contributed by atoms with Crippen molar-refractivity contribution in [2.75, 3.05) is 0 Å². The molecule has 0 fully saturated rings. The molecule has 0 aliphatic rings. The molecule has 0 saturated heterocycles. The molecule has 2 aromatic heterocycles. The van der Waals surface area contributed by atoms with Crippen LogP contribution in [0.5, 0.6) is 5.06 Å². The van der Waals surface area contributed by atoms with E-state index in [0.717, 1.165) is 27.4 Å². The van der Waals surface area contributed by atoms with Crippen molar-refractivity contribution in [3.8, 4) is 15.6 Å². The Bertz CT molecular complexity index is 723. The summed E-state index contributed by atoms with van der Waals surface area (Å²) in [5.41, 5.74) is 3.73. The number of aryl methyl sites for hydroxylation is 3. The number of nitrogens with zero attached hydrogens (tertiary/aromatic N) is 3. The first-order chi connectivity index (χ1) is 8.56. The van der Waals surface area contributed by atoms with Crippen molar-refractivity contribution in [1.29, 1.82) is 0 Å². The van der Waals surface area contributed by atoms with Crippen molar-refractivity contribution >= 4 is 22.4 Å². The SMILES string of the molecule is Cc1nc(-c2ccc3c(c2)nc(C)n3C)sc1O. The fourth-order valence-electron chi connectivity index (χ4n) is 1.97. The lowest BCUT2D eigenvalue weighted by atomic mass is 10.2. The molecule has 0 unspecified atom stereocenters. The minimum absolute atomic E-state index is 0.280. The van der Waals surface area contributed by atoms with Gasteiger partial charge in [-0.15, -0.1) is 0 Å². The molecule has 3 rings (SSSR count). The maximum absolute atomic E-state index is 9.60. The smallest absolute Gasteiger partial charge is 0.195 e. The Morgan fingerprint density at radius 3 is 2.67 bits per heavy atom. The van der Waals surface area contributed by atoms with Gasteiger partial charge in [0.25, 0.3) is 0 Å². The summed E-state index contributed by atoms with van der Waals surface area (Å²) in [7, 11) is 2.00. The average Bonchev–Trinajstić information content (AvgIpc) is 2.81. The van der Waals surface area contributed by atoms with Crippen LogP contribution in [0.25, 0.3) is 21.6 Å². The molecule has 92 valence electrons. The van der Waals surface area contributed by atoms with Gasteiger partial charge in [-0.05, 0) is 32.0 Å². The molecule has 0 saturated carbocycles. The number of aromatic hydroxyl groups is 1. The van der Waals surface area contributed by atoms with Crippen molar-refractivity contribution in [2.24, 2.45) is 7.05 Å². The standard InChI is InChI=1S/C13H13N3OS/c1-7-13(17)18-12(14-7)9-4-5-11-10(6-9)15-8(2)16(11)3/h4-6,17H,1-3H3. The first-order valence-electron chi connectivity index (χ1n) is 5.66. The highest BCUT2D eigenvalue weighted by Gasteiger charge is 2.10. The van der Waals surface area contributed by atoms with E-state index in [-0.39, 0.29) is 5.06 Å². The summed E-state index contributed by atoms with van der Waals surface area (Å²) in [5, 5.41) is 10.7. The highest BCUT2D eigenvalue weighted by Crippen LogP contribution is 2.33. The molecule has 0 amide bonds. The van der Waals surface area contributed by atoms with Gasteiger partial charge in [0, 0.05) is 12.6 Å². The van der Waals surface area contributed by atoms with E-state index in [2.05, 4.69) is 14.5 Å². The van der Waals surface area contributed by atoms with Crippen LogP contribution < -0.4 is 0 Å². The molecular weight excluding hydrogens is 246 g/mol. The van der Waals surface area contributed by atoms with Crippen molar-refractivity contribution in [2.45, 2.75) is 13.8 Å².